The average Bonchev–Trinajstić information content (AvgIpc) is 3.22. The molecule has 2 heterocycles. The summed E-state index contributed by atoms with van der Waals surface area (Å²) in [7, 11) is 4.41. The summed E-state index contributed by atoms with van der Waals surface area (Å²) in [5, 5.41) is 3.25. The Hall–Kier alpha value is -1.48. The first-order valence-corrected chi connectivity index (χ1v) is 14.8. The number of hydrogen-bond donors (Lipinski definition) is 1. The zero-order valence-electron chi connectivity index (χ0n) is 23.0. The molecule has 1 spiro atoms. The molecule has 8 heteroatoms. The predicted molar refractivity (Wildman–Crippen MR) is 146 cm³/mol. The van der Waals surface area contributed by atoms with Crippen LogP contribution in [0, 0.1) is 19.3 Å². The molecule has 0 aromatic heterocycles. The Morgan fingerprint density at radius 3 is 2.28 bits per heavy atom. The van der Waals surface area contributed by atoms with Crippen molar-refractivity contribution in [3.05, 3.63) is 23.3 Å². The minimum atomic E-state index is -1.31. The smallest absolute Gasteiger partial charge is 0.221 e. The first-order valence-electron chi connectivity index (χ1n) is 13.7. The maximum atomic E-state index is 13.1. The molecule has 1 N–H and O–H groups in total. The first kappa shape index (κ1) is 27.6. The SMILES string of the molecule is COc1cc(C)c(S(=O)N(C)CCC(=O)NC2CCC(N3CCC4(CCN(C)C4)CC3)CC2)c(C)c1. The molecule has 1 amide bonds. The van der Waals surface area contributed by atoms with Crippen molar-refractivity contribution in [3.63, 3.8) is 0 Å². The van der Waals surface area contributed by atoms with E-state index < -0.39 is 11.0 Å². The van der Waals surface area contributed by atoms with Gasteiger partial charge in [0.1, 0.15) is 16.7 Å². The lowest BCUT2D eigenvalue weighted by molar-refractivity contribution is -0.122. The van der Waals surface area contributed by atoms with Gasteiger partial charge in [-0.3, -0.25) is 4.79 Å². The molecule has 1 saturated carbocycles. The third-order valence-corrected chi connectivity index (χ3v) is 10.6. The maximum Gasteiger partial charge on any atom is 0.221 e. The minimum absolute atomic E-state index is 0.0655. The van der Waals surface area contributed by atoms with Crippen LogP contribution in [0.25, 0.3) is 0 Å². The van der Waals surface area contributed by atoms with Crippen LogP contribution in [0.15, 0.2) is 17.0 Å². The molecule has 0 bridgehead atoms. The summed E-state index contributed by atoms with van der Waals surface area (Å²) < 4.78 is 20.2. The van der Waals surface area contributed by atoms with E-state index >= 15 is 0 Å². The topological polar surface area (TPSA) is 65.1 Å². The van der Waals surface area contributed by atoms with Crippen LogP contribution in [-0.2, 0) is 15.8 Å². The van der Waals surface area contributed by atoms with E-state index in [2.05, 4.69) is 22.2 Å². The Bertz CT molecular complexity index is 916. The van der Waals surface area contributed by atoms with Crippen molar-refractivity contribution in [3.8, 4) is 5.75 Å². The Morgan fingerprint density at radius 1 is 1.11 bits per heavy atom. The maximum absolute atomic E-state index is 13.1. The second-order valence-corrected chi connectivity index (χ2v) is 13.1. The van der Waals surface area contributed by atoms with Gasteiger partial charge in [-0.25, -0.2) is 8.51 Å². The van der Waals surface area contributed by atoms with Crippen LogP contribution in [-0.4, -0.2) is 90.2 Å². The van der Waals surface area contributed by atoms with Crippen LogP contribution in [0.2, 0.25) is 0 Å². The van der Waals surface area contributed by atoms with Crippen molar-refractivity contribution >= 4 is 16.9 Å². The fourth-order valence-electron chi connectivity index (χ4n) is 6.62. The Labute approximate surface area is 220 Å². The van der Waals surface area contributed by atoms with Crippen LogP contribution in [0.4, 0.5) is 0 Å². The van der Waals surface area contributed by atoms with Crippen molar-refractivity contribution in [1.29, 1.82) is 0 Å². The average molecular weight is 519 g/mol. The third-order valence-electron chi connectivity index (χ3n) is 8.85. The summed E-state index contributed by atoms with van der Waals surface area (Å²) in [5.41, 5.74) is 2.47. The van der Waals surface area contributed by atoms with Crippen LogP contribution in [0.3, 0.4) is 0 Å². The second kappa shape index (κ2) is 11.9. The van der Waals surface area contributed by atoms with Gasteiger partial charge in [0, 0.05) is 38.6 Å². The monoisotopic (exact) mass is 518 g/mol. The van der Waals surface area contributed by atoms with E-state index in [1.807, 2.05) is 33.0 Å². The lowest BCUT2D eigenvalue weighted by atomic mass is 9.76. The molecular formula is C28H46N4O3S. The molecular weight excluding hydrogens is 472 g/mol. The van der Waals surface area contributed by atoms with E-state index in [1.165, 1.54) is 58.3 Å². The van der Waals surface area contributed by atoms with Gasteiger partial charge >= 0.3 is 0 Å². The van der Waals surface area contributed by atoms with Crippen molar-refractivity contribution in [2.75, 3.05) is 53.9 Å². The molecule has 7 nitrogen and oxygen atoms in total. The molecule has 3 aliphatic rings. The zero-order chi connectivity index (χ0) is 25.9. The third kappa shape index (κ3) is 6.50. The molecule has 36 heavy (non-hydrogen) atoms. The van der Waals surface area contributed by atoms with Gasteiger partial charge in [-0.05, 0) is 114 Å². The van der Waals surface area contributed by atoms with Crippen molar-refractivity contribution in [1.82, 2.24) is 19.4 Å². The number of hydrogen-bond acceptors (Lipinski definition) is 5. The number of methoxy groups -OCH3 is 1. The van der Waals surface area contributed by atoms with Gasteiger partial charge in [0.05, 0.1) is 12.0 Å². The van der Waals surface area contributed by atoms with E-state index in [0.29, 0.717) is 24.4 Å². The molecule has 1 aliphatic carbocycles. The van der Waals surface area contributed by atoms with Gasteiger partial charge in [-0.2, -0.15) is 0 Å². The Morgan fingerprint density at radius 2 is 1.72 bits per heavy atom. The van der Waals surface area contributed by atoms with Crippen molar-refractivity contribution in [2.45, 2.75) is 82.2 Å². The van der Waals surface area contributed by atoms with Gasteiger partial charge in [0.2, 0.25) is 5.91 Å². The summed E-state index contributed by atoms with van der Waals surface area (Å²) in [5.74, 6) is 0.837. The van der Waals surface area contributed by atoms with E-state index in [-0.39, 0.29) is 11.9 Å². The molecule has 2 saturated heterocycles. The molecule has 4 rings (SSSR count). The predicted octanol–water partition coefficient (Wildman–Crippen LogP) is 3.50. The molecule has 3 fully saturated rings. The summed E-state index contributed by atoms with van der Waals surface area (Å²) >= 11 is 0. The fraction of sp³-hybridized carbons (Fsp3) is 0.750. The van der Waals surface area contributed by atoms with Gasteiger partial charge < -0.3 is 19.9 Å². The van der Waals surface area contributed by atoms with Crippen molar-refractivity contribution in [2.24, 2.45) is 5.41 Å². The molecule has 2 aliphatic heterocycles. The number of carbonyl (C=O) groups is 1. The van der Waals surface area contributed by atoms with E-state index in [0.717, 1.165) is 34.6 Å². The van der Waals surface area contributed by atoms with Crippen LogP contribution >= 0.6 is 0 Å². The fourth-order valence-corrected chi connectivity index (χ4v) is 7.85. The number of amides is 1. The normalized spacial score (nSPS) is 25.8. The van der Waals surface area contributed by atoms with E-state index in [9.17, 15) is 9.00 Å². The first-order chi connectivity index (χ1) is 17.2. The lowest BCUT2D eigenvalue weighted by Gasteiger charge is -2.44. The van der Waals surface area contributed by atoms with Gasteiger partial charge in [-0.1, -0.05) is 0 Å². The lowest BCUT2D eigenvalue weighted by Crippen LogP contribution is -2.49. The number of ether oxygens (including phenoxy) is 1. The molecule has 1 atom stereocenters. The second-order valence-electron chi connectivity index (χ2n) is 11.5. The summed E-state index contributed by atoms with van der Waals surface area (Å²) in [4.78, 5) is 18.7. The summed E-state index contributed by atoms with van der Waals surface area (Å²) in [6, 6.07) is 4.77. The highest BCUT2D eigenvalue weighted by molar-refractivity contribution is 7.82. The number of nitrogens with one attached hydrogen (secondary N) is 1. The molecule has 1 unspecified atom stereocenters. The number of piperidine rings is 1. The van der Waals surface area contributed by atoms with Gasteiger partial charge in [-0.15, -0.1) is 0 Å². The van der Waals surface area contributed by atoms with Crippen molar-refractivity contribution < 1.29 is 13.7 Å². The van der Waals surface area contributed by atoms with E-state index in [4.69, 9.17) is 4.74 Å². The van der Waals surface area contributed by atoms with Crippen LogP contribution < -0.4 is 10.1 Å². The number of benzene rings is 1. The highest BCUT2D eigenvalue weighted by Gasteiger charge is 2.40. The van der Waals surface area contributed by atoms with Gasteiger partial charge in [0.15, 0.2) is 0 Å². The highest BCUT2D eigenvalue weighted by atomic mass is 32.2. The van der Waals surface area contributed by atoms with Gasteiger partial charge in [0.25, 0.3) is 0 Å². The molecule has 202 valence electrons. The quantitative estimate of drug-likeness (QED) is 0.571. The molecule has 1 aromatic rings. The largest absolute Gasteiger partial charge is 0.497 e. The number of likely N-dealkylation sites (tertiary alicyclic amines) is 2. The number of carbonyl (C=O) groups excluding carboxylic acids is 1. The zero-order valence-corrected chi connectivity index (χ0v) is 23.8. The van der Waals surface area contributed by atoms with E-state index in [1.54, 1.807) is 11.4 Å². The summed E-state index contributed by atoms with van der Waals surface area (Å²) in [6.07, 6.45) is 8.91. The number of rotatable bonds is 8. The minimum Gasteiger partial charge on any atom is -0.497 e. The molecule has 1 aromatic carbocycles. The Kier molecular flexibility index (Phi) is 9.13. The Balaban J connectivity index is 1.17. The molecule has 0 radical (unpaired) electrons. The van der Waals surface area contributed by atoms with Crippen LogP contribution in [0.1, 0.15) is 62.5 Å². The number of nitrogens with zero attached hydrogens (tertiary/aromatic N) is 3. The summed E-state index contributed by atoms with van der Waals surface area (Å²) in [6.45, 7) is 9.39. The number of aryl methyl sites for hydroxylation is 2. The standard InChI is InChI=1S/C28H46N4O3S/c1-21-18-25(35-5)19-22(2)27(21)36(34)31(4)14-10-26(33)29-23-6-8-24(9-7-23)32-16-12-28(13-17-32)11-15-30(3)20-28/h18-19,23-24H,6-17,20H2,1-5H3,(H,29,33). The highest BCUT2D eigenvalue weighted by Crippen LogP contribution is 2.41. The van der Waals surface area contributed by atoms with Crippen LogP contribution in [0.5, 0.6) is 5.75 Å².